The van der Waals surface area contributed by atoms with Gasteiger partial charge in [0, 0.05) is 24.9 Å². The topological polar surface area (TPSA) is 40.5 Å². The van der Waals surface area contributed by atoms with Gasteiger partial charge in [0.25, 0.3) is 0 Å². The molecule has 1 unspecified atom stereocenters. The molecule has 0 aliphatic carbocycles. The molecule has 0 spiro atoms. The fourth-order valence-corrected chi connectivity index (χ4v) is 6.33. The van der Waals surface area contributed by atoms with E-state index in [9.17, 15) is 0 Å². The molecule has 3 heterocycles. The number of amidine groups is 1. The first-order valence-electron chi connectivity index (χ1n) is 9.72. The molecule has 1 aromatic heterocycles. The molecule has 0 bridgehead atoms. The van der Waals surface area contributed by atoms with Crippen LogP contribution in [0.2, 0.25) is 10.0 Å². The Bertz CT molecular complexity index is 1030. The second-order valence-electron chi connectivity index (χ2n) is 7.29. The molecular formula is C21H20Cl2N4S2. The number of anilines is 1. The van der Waals surface area contributed by atoms with Crippen molar-refractivity contribution in [2.24, 2.45) is 4.99 Å². The summed E-state index contributed by atoms with van der Waals surface area (Å²) >= 11 is 15.6. The van der Waals surface area contributed by atoms with E-state index in [0.717, 1.165) is 40.5 Å². The summed E-state index contributed by atoms with van der Waals surface area (Å²) in [5, 5.41) is 6.59. The molecule has 0 amide bonds. The van der Waals surface area contributed by atoms with E-state index in [0.29, 0.717) is 16.1 Å². The first-order chi connectivity index (χ1) is 14.2. The summed E-state index contributed by atoms with van der Waals surface area (Å²) in [6.45, 7) is 1.98. The third-order valence-electron chi connectivity index (χ3n) is 5.31. The molecule has 8 heteroatoms. The van der Waals surface area contributed by atoms with Crippen LogP contribution in [0.5, 0.6) is 0 Å². The standard InChI is InChI=1S/C21H20Cl2N4S2/c22-16-10-18-19(11-17(16)23)29-20(26-18)24-8-7-13-3-5-14(6-4-13)25-21-27-9-1-2-15(27)12-28-21/h3-6,10-11,15H,1-2,7-9,12H2,(H,24,26). The number of thioether (sulfide) groups is 1. The van der Waals surface area contributed by atoms with Crippen LogP contribution in [0.4, 0.5) is 10.8 Å². The van der Waals surface area contributed by atoms with Crippen molar-refractivity contribution in [1.29, 1.82) is 0 Å². The highest BCUT2D eigenvalue weighted by Gasteiger charge is 2.33. The minimum atomic E-state index is 0.538. The number of aliphatic imine (C=N–C) groups is 1. The summed E-state index contributed by atoms with van der Waals surface area (Å²) in [5.74, 6) is 1.19. The Morgan fingerprint density at radius 2 is 2.00 bits per heavy atom. The van der Waals surface area contributed by atoms with Gasteiger partial charge in [-0.3, -0.25) is 0 Å². The van der Waals surface area contributed by atoms with Gasteiger partial charge in [0.1, 0.15) is 0 Å². The van der Waals surface area contributed by atoms with E-state index in [4.69, 9.17) is 28.2 Å². The van der Waals surface area contributed by atoms with Crippen LogP contribution >= 0.6 is 46.3 Å². The van der Waals surface area contributed by atoms with Gasteiger partial charge in [-0.25, -0.2) is 9.98 Å². The van der Waals surface area contributed by atoms with Gasteiger partial charge in [-0.15, -0.1) is 0 Å². The minimum absolute atomic E-state index is 0.538. The second kappa shape index (κ2) is 8.34. The quantitative estimate of drug-likeness (QED) is 0.472. The van der Waals surface area contributed by atoms with E-state index in [1.165, 1.54) is 29.3 Å². The fraction of sp³-hybridized carbons (Fsp3) is 0.333. The lowest BCUT2D eigenvalue weighted by Crippen LogP contribution is -2.27. The minimum Gasteiger partial charge on any atom is -0.361 e. The average Bonchev–Trinajstić information content (AvgIpc) is 3.41. The predicted molar refractivity (Wildman–Crippen MR) is 128 cm³/mol. The Labute approximate surface area is 188 Å². The second-order valence-corrected chi connectivity index (χ2v) is 10.1. The third kappa shape index (κ3) is 4.22. The van der Waals surface area contributed by atoms with E-state index in [2.05, 4.69) is 39.5 Å². The van der Waals surface area contributed by atoms with Crippen molar-refractivity contribution in [2.75, 3.05) is 24.2 Å². The van der Waals surface area contributed by atoms with Crippen LogP contribution in [0.1, 0.15) is 18.4 Å². The van der Waals surface area contributed by atoms with Crippen molar-refractivity contribution in [2.45, 2.75) is 25.3 Å². The molecule has 2 aliphatic rings. The highest BCUT2D eigenvalue weighted by atomic mass is 35.5. The summed E-state index contributed by atoms with van der Waals surface area (Å²) < 4.78 is 1.04. The van der Waals surface area contributed by atoms with Gasteiger partial charge in [0.05, 0.1) is 25.9 Å². The number of aromatic nitrogens is 1. The maximum atomic E-state index is 6.09. The first kappa shape index (κ1) is 19.5. The lowest BCUT2D eigenvalue weighted by atomic mass is 10.1. The summed E-state index contributed by atoms with van der Waals surface area (Å²) in [4.78, 5) is 11.9. The normalized spacial score (nSPS) is 20.0. The van der Waals surface area contributed by atoms with Crippen LogP contribution in [0, 0.1) is 0 Å². The molecule has 2 aromatic carbocycles. The molecule has 1 N–H and O–H groups in total. The van der Waals surface area contributed by atoms with Crippen LogP contribution in [-0.2, 0) is 6.42 Å². The lowest BCUT2D eigenvalue weighted by molar-refractivity contribution is 0.440. The van der Waals surface area contributed by atoms with Crippen molar-refractivity contribution in [3.63, 3.8) is 0 Å². The Hall–Kier alpha value is -1.47. The van der Waals surface area contributed by atoms with Gasteiger partial charge >= 0.3 is 0 Å². The van der Waals surface area contributed by atoms with Crippen molar-refractivity contribution in [3.8, 4) is 0 Å². The molecule has 4 nitrogen and oxygen atoms in total. The Balaban J connectivity index is 1.19. The van der Waals surface area contributed by atoms with Crippen molar-refractivity contribution in [3.05, 3.63) is 52.0 Å². The van der Waals surface area contributed by atoms with Gasteiger partial charge in [0.2, 0.25) is 0 Å². The maximum absolute atomic E-state index is 6.09. The number of fused-ring (bicyclic) bond motifs is 2. The van der Waals surface area contributed by atoms with Crippen molar-refractivity contribution in [1.82, 2.24) is 9.88 Å². The lowest BCUT2D eigenvalue weighted by Gasteiger charge is -2.16. The van der Waals surface area contributed by atoms with Crippen LogP contribution < -0.4 is 5.32 Å². The average molecular weight is 463 g/mol. The molecule has 5 rings (SSSR count). The molecule has 0 radical (unpaired) electrons. The highest BCUT2D eigenvalue weighted by molar-refractivity contribution is 8.14. The molecule has 3 aromatic rings. The SMILES string of the molecule is Clc1cc2nc(NCCc3ccc(N=C4SCC5CCCN45)cc3)sc2cc1Cl. The van der Waals surface area contributed by atoms with Gasteiger partial charge in [-0.05, 0) is 49.1 Å². The van der Waals surface area contributed by atoms with E-state index in [1.54, 1.807) is 11.3 Å². The van der Waals surface area contributed by atoms with Gasteiger partial charge in [-0.1, -0.05) is 58.4 Å². The van der Waals surface area contributed by atoms with Crippen LogP contribution in [0.25, 0.3) is 10.2 Å². The predicted octanol–water partition coefficient (Wildman–Crippen LogP) is 6.46. The zero-order chi connectivity index (χ0) is 19.8. The number of nitrogens with zero attached hydrogens (tertiary/aromatic N) is 3. The van der Waals surface area contributed by atoms with E-state index < -0.39 is 0 Å². The monoisotopic (exact) mass is 462 g/mol. The van der Waals surface area contributed by atoms with Gasteiger partial charge < -0.3 is 10.2 Å². The maximum Gasteiger partial charge on any atom is 0.183 e. The summed E-state index contributed by atoms with van der Waals surface area (Å²) in [6, 6.07) is 13.0. The molecular weight excluding hydrogens is 443 g/mol. The molecule has 0 saturated carbocycles. The molecule has 2 fully saturated rings. The largest absolute Gasteiger partial charge is 0.361 e. The third-order valence-corrected chi connectivity index (χ3v) is 8.14. The van der Waals surface area contributed by atoms with E-state index in [1.807, 2.05) is 23.9 Å². The fourth-order valence-electron chi connectivity index (χ4n) is 3.77. The van der Waals surface area contributed by atoms with E-state index >= 15 is 0 Å². The summed E-state index contributed by atoms with van der Waals surface area (Å²) in [7, 11) is 0. The van der Waals surface area contributed by atoms with Crippen molar-refractivity contribution < 1.29 is 0 Å². The number of halogens is 2. The number of hydrogen-bond donors (Lipinski definition) is 1. The Morgan fingerprint density at radius 1 is 1.17 bits per heavy atom. The van der Waals surface area contributed by atoms with Crippen LogP contribution in [0.15, 0.2) is 41.4 Å². The number of thiazole rings is 1. The zero-order valence-corrected chi connectivity index (χ0v) is 18.8. The van der Waals surface area contributed by atoms with Gasteiger partial charge in [0.15, 0.2) is 10.3 Å². The first-order valence-corrected chi connectivity index (χ1v) is 12.3. The number of hydrogen-bond acceptors (Lipinski definition) is 5. The zero-order valence-electron chi connectivity index (χ0n) is 15.7. The Morgan fingerprint density at radius 3 is 2.86 bits per heavy atom. The molecule has 29 heavy (non-hydrogen) atoms. The number of nitrogens with one attached hydrogen (secondary N) is 1. The summed E-state index contributed by atoms with van der Waals surface area (Å²) in [6.07, 6.45) is 3.54. The molecule has 1 atom stereocenters. The summed E-state index contributed by atoms with van der Waals surface area (Å²) in [5.41, 5.74) is 3.20. The van der Waals surface area contributed by atoms with Crippen LogP contribution in [-0.4, -0.2) is 39.9 Å². The molecule has 150 valence electrons. The Kier molecular flexibility index (Phi) is 5.61. The van der Waals surface area contributed by atoms with Crippen molar-refractivity contribution >= 4 is 72.5 Å². The van der Waals surface area contributed by atoms with Gasteiger partial charge in [-0.2, -0.15) is 0 Å². The molecule has 2 aliphatic heterocycles. The smallest absolute Gasteiger partial charge is 0.183 e. The van der Waals surface area contributed by atoms with E-state index in [-0.39, 0.29) is 0 Å². The number of benzene rings is 2. The highest BCUT2D eigenvalue weighted by Crippen LogP contribution is 2.34. The number of rotatable bonds is 5. The van der Waals surface area contributed by atoms with Crippen LogP contribution in [0.3, 0.4) is 0 Å². The molecule has 2 saturated heterocycles.